The summed E-state index contributed by atoms with van der Waals surface area (Å²) in [7, 11) is 0. The Bertz CT molecular complexity index is 541. The number of nitrogens with zero attached hydrogens (tertiary/aromatic N) is 1. The number of rotatable bonds is 3. The number of hydrogen-bond donors (Lipinski definition) is 2. The molecule has 2 aliphatic heterocycles. The maximum absolute atomic E-state index is 12.2. The van der Waals surface area contributed by atoms with Crippen molar-refractivity contribution in [3.63, 3.8) is 0 Å². The molecular weight excluding hydrogens is 298 g/mol. The van der Waals surface area contributed by atoms with Gasteiger partial charge in [0.05, 0.1) is 6.54 Å². The van der Waals surface area contributed by atoms with E-state index in [9.17, 15) is 4.79 Å². The van der Waals surface area contributed by atoms with Gasteiger partial charge in [-0.05, 0) is 68.5 Å². The van der Waals surface area contributed by atoms with E-state index in [4.69, 9.17) is 0 Å². The van der Waals surface area contributed by atoms with Gasteiger partial charge in [0.2, 0.25) is 5.91 Å². The van der Waals surface area contributed by atoms with Crippen molar-refractivity contribution in [3.05, 3.63) is 29.3 Å². The minimum absolute atomic E-state index is 0. The third-order valence-electron chi connectivity index (χ3n) is 5.01. The molecule has 2 fully saturated rings. The predicted molar refractivity (Wildman–Crippen MR) is 92.8 cm³/mol. The molecule has 0 aromatic heterocycles. The zero-order valence-corrected chi connectivity index (χ0v) is 14.3. The Labute approximate surface area is 139 Å². The van der Waals surface area contributed by atoms with Crippen LogP contribution in [0.1, 0.15) is 24.0 Å². The van der Waals surface area contributed by atoms with E-state index in [0.717, 1.165) is 31.9 Å². The second-order valence-electron chi connectivity index (χ2n) is 6.73. The van der Waals surface area contributed by atoms with Crippen molar-refractivity contribution in [2.75, 3.05) is 38.0 Å². The summed E-state index contributed by atoms with van der Waals surface area (Å²) in [5.41, 5.74) is 3.80. The van der Waals surface area contributed by atoms with Crippen LogP contribution < -0.4 is 10.6 Å². The molecule has 4 nitrogen and oxygen atoms in total. The molecule has 2 aliphatic rings. The highest BCUT2D eigenvalue weighted by Crippen LogP contribution is 2.35. The number of likely N-dealkylation sites (tertiary alicyclic amines) is 1. The average molecular weight is 324 g/mol. The number of halogens is 1. The normalized spacial score (nSPS) is 24.5. The molecule has 1 amide bonds. The van der Waals surface area contributed by atoms with Crippen LogP contribution in [0.4, 0.5) is 5.69 Å². The van der Waals surface area contributed by atoms with Crippen molar-refractivity contribution in [3.8, 4) is 0 Å². The van der Waals surface area contributed by atoms with Crippen LogP contribution in [0.25, 0.3) is 0 Å². The summed E-state index contributed by atoms with van der Waals surface area (Å²) in [6.07, 6.45) is 2.47. The average Bonchev–Trinajstić information content (AvgIpc) is 3.05. The predicted octanol–water partition coefficient (Wildman–Crippen LogP) is 2.35. The molecule has 2 saturated heterocycles. The third kappa shape index (κ3) is 3.80. The van der Waals surface area contributed by atoms with Crippen LogP contribution in [-0.4, -0.2) is 43.5 Å². The van der Waals surface area contributed by atoms with E-state index in [1.807, 2.05) is 12.1 Å². The van der Waals surface area contributed by atoms with Gasteiger partial charge in [-0.15, -0.1) is 12.4 Å². The Balaban J connectivity index is 0.00000176. The Morgan fingerprint density at radius 2 is 2.14 bits per heavy atom. The van der Waals surface area contributed by atoms with Crippen molar-refractivity contribution in [2.45, 2.75) is 26.7 Å². The summed E-state index contributed by atoms with van der Waals surface area (Å²) in [5, 5.41) is 6.47. The van der Waals surface area contributed by atoms with Gasteiger partial charge in [-0.3, -0.25) is 9.69 Å². The Morgan fingerprint density at radius 3 is 2.82 bits per heavy atom. The molecule has 0 saturated carbocycles. The zero-order chi connectivity index (χ0) is 14.9. The lowest BCUT2D eigenvalue weighted by Gasteiger charge is -2.22. The molecule has 0 radical (unpaired) electrons. The van der Waals surface area contributed by atoms with Crippen molar-refractivity contribution >= 4 is 24.0 Å². The lowest BCUT2D eigenvalue weighted by atomic mass is 9.87. The van der Waals surface area contributed by atoms with Crippen LogP contribution in [0.3, 0.4) is 0 Å². The van der Waals surface area contributed by atoms with Crippen molar-refractivity contribution in [1.82, 2.24) is 10.2 Å². The van der Waals surface area contributed by atoms with Gasteiger partial charge in [-0.1, -0.05) is 6.07 Å². The lowest BCUT2D eigenvalue weighted by molar-refractivity contribution is -0.117. The first-order valence-corrected chi connectivity index (χ1v) is 7.87. The monoisotopic (exact) mass is 323 g/mol. The maximum Gasteiger partial charge on any atom is 0.238 e. The molecule has 2 heterocycles. The third-order valence-corrected chi connectivity index (χ3v) is 5.01. The quantitative estimate of drug-likeness (QED) is 0.897. The Kier molecular flexibility index (Phi) is 5.48. The Morgan fingerprint density at radius 1 is 1.32 bits per heavy atom. The van der Waals surface area contributed by atoms with Crippen molar-refractivity contribution in [1.29, 1.82) is 0 Å². The van der Waals surface area contributed by atoms with Gasteiger partial charge in [0, 0.05) is 18.8 Å². The van der Waals surface area contributed by atoms with E-state index in [0.29, 0.717) is 12.0 Å². The topological polar surface area (TPSA) is 44.4 Å². The second-order valence-corrected chi connectivity index (χ2v) is 6.73. The largest absolute Gasteiger partial charge is 0.325 e. The van der Waals surface area contributed by atoms with Crippen molar-refractivity contribution < 1.29 is 4.79 Å². The standard InChI is InChI=1S/C17H25N3O.ClH/c1-13-3-4-15(9-14(13)2)19-16(21)10-20-8-6-17(12-20)5-7-18-11-17;/h3-4,9,18H,5-8,10-12H2,1-2H3,(H,19,21);1H. The number of carbonyl (C=O) groups is 1. The summed E-state index contributed by atoms with van der Waals surface area (Å²) in [6, 6.07) is 6.08. The Hall–Kier alpha value is -1.10. The van der Waals surface area contributed by atoms with E-state index in [1.54, 1.807) is 0 Å². The zero-order valence-electron chi connectivity index (χ0n) is 13.4. The molecule has 0 bridgehead atoms. The number of nitrogens with one attached hydrogen (secondary N) is 2. The minimum atomic E-state index is 0. The number of amides is 1. The smallest absolute Gasteiger partial charge is 0.238 e. The van der Waals surface area contributed by atoms with Crippen LogP contribution in [0.5, 0.6) is 0 Å². The van der Waals surface area contributed by atoms with E-state index < -0.39 is 0 Å². The fourth-order valence-electron chi connectivity index (χ4n) is 3.53. The first-order valence-electron chi connectivity index (χ1n) is 7.87. The molecular formula is C17H26ClN3O. The number of hydrogen-bond acceptors (Lipinski definition) is 3. The first-order chi connectivity index (χ1) is 10.1. The van der Waals surface area contributed by atoms with Gasteiger partial charge in [0.1, 0.15) is 0 Å². The highest BCUT2D eigenvalue weighted by molar-refractivity contribution is 5.92. The lowest BCUT2D eigenvalue weighted by Crippen LogP contribution is -2.34. The molecule has 1 aromatic carbocycles. The summed E-state index contributed by atoms with van der Waals surface area (Å²) in [5.74, 6) is 0.0984. The van der Waals surface area contributed by atoms with Gasteiger partial charge in [-0.25, -0.2) is 0 Å². The fourth-order valence-corrected chi connectivity index (χ4v) is 3.53. The number of benzene rings is 1. The van der Waals surface area contributed by atoms with Gasteiger partial charge >= 0.3 is 0 Å². The van der Waals surface area contributed by atoms with E-state index >= 15 is 0 Å². The number of carbonyl (C=O) groups excluding carboxylic acids is 1. The molecule has 22 heavy (non-hydrogen) atoms. The van der Waals surface area contributed by atoms with E-state index in [1.165, 1.54) is 24.0 Å². The van der Waals surface area contributed by atoms with E-state index in [-0.39, 0.29) is 18.3 Å². The molecule has 3 rings (SSSR count). The maximum atomic E-state index is 12.2. The summed E-state index contributed by atoms with van der Waals surface area (Å²) < 4.78 is 0. The van der Waals surface area contributed by atoms with Gasteiger partial charge in [0.15, 0.2) is 0 Å². The number of aryl methyl sites for hydroxylation is 2. The molecule has 1 unspecified atom stereocenters. The highest BCUT2D eigenvalue weighted by atomic mass is 35.5. The van der Waals surface area contributed by atoms with Crippen LogP contribution in [-0.2, 0) is 4.79 Å². The molecule has 5 heteroatoms. The molecule has 1 aromatic rings. The summed E-state index contributed by atoms with van der Waals surface area (Å²) >= 11 is 0. The van der Waals surface area contributed by atoms with Gasteiger partial charge in [0.25, 0.3) is 0 Å². The molecule has 122 valence electrons. The molecule has 1 atom stereocenters. The summed E-state index contributed by atoms with van der Waals surface area (Å²) in [6.45, 7) is 9.00. The van der Waals surface area contributed by atoms with Crippen molar-refractivity contribution in [2.24, 2.45) is 5.41 Å². The first kappa shape index (κ1) is 17.3. The fraction of sp³-hybridized carbons (Fsp3) is 0.588. The molecule has 0 aliphatic carbocycles. The van der Waals surface area contributed by atoms with Crippen LogP contribution in [0.2, 0.25) is 0 Å². The van der Waals surface area contributed by atoms with Crippen LogP contribution in [0.15, 0.2) is 18.2 Å². The summed E-state index contributed by atoms with van der Waals surface area (Å²) in [4.78, 5) is 14.5. The second kappa shape index (κ2) is 6.99. The van der Waals surface area contributed by atoms with E-state index in [2.05, 4.69) is 35.4 Å². The minimum Gasteiger partial charge on any atom is -0.325 e. The highest BCUT2D eigenvalue weighted by Gasteiger charge is 2.40. The number of anilines is 1. The molecule has 1 spiro atoms. The van der Waals surface area contributed by atoms with Gasteiger partial charge < -0.3 is 10.6 Å². The van der Waals surface area contributed by atoms with Crippen LogP contribution in [0, 0.1) is 19.3 Å². The molecule has 2 N–H and O–H groups in total. The van der Waals surface area contributed by atoms with Crippen LogP contribution >= 0.6 is 12.4 Å². The SMILES string of the molecule is Cc1ccc(NC(=O)CN2CCC3(CCNC3)C2)cc1C.Cl. The van der Waals surface area contributed by atoms with Gasteiger partial charge in [-0.2, -0.15) is 0 Å².